The Balaban J connectivity index is 1.94. The molecule has 0 unspecified atom stereocenters. The van der Waals surface area contributed by atoms with E-state index in [1.54, 1.807) is 24.3 Å². The van der Waals surface area contributed by atoms with Crippen molar-refractivity contribution in [2.24, 2.45) is 0 Å². The van der Waals surface area contributed by atoms with Gasteiger partial charge in [0.1, 0.15) is 17.9 Å². The molecule has 0 amide bonds. The number of fused-ring (bicyclic) bond motifs is 1. The van der Waals surface area contributed by atoms with E-state index in [0.717, 1.165) is 0 Å². The first-order valence-electron chi connectivity index (χ1n) is 4.92. The highest BCUT2D eigenvalue weighted by Crippen LogP contribution is 2.19. The molecular formula is C11H7FN4O. The van der Waals surface area contributed by atoms with E-state index in [0.29, 0.717) is 17.3 Å². The Bertz CT molecular complexity index is 667. The van der Waals surface area contributed by atoms with Crippen LogP contribution in [0.25, 0.3) is 5.65 Å². The van der Waals surface area contributed by atoms with Gasteiger partial charge in [-0.1, -0.05) is 6.07 Å². The third-order valence-electron chi connectivity index (χ3n) is 2.16. The molecule has 6 heteroatoms. The van der Waals surface area contributed by atoms with Crippen molar-refractivity contribution >= 4 is 5.65 Å². The van der Waals surface area contributed by atoms with Crippen LogP contribution in [0.15, 0.2) is 42.7 Å². The second kappa shape index (κ2) is 3.82. The van der Waals surface area contributed by atoms with Crippen molar-refractivity contribution in [3.63, 3.8) is 0 Å². The monoisotopic (exact) mass is 230 g/mol. The molecule has 3 rings (SSSR count). The van der Waals surface area contributed by atoms with Gasteiger partial charge in [-0.05, 0) is 18.2 Å². The van der Waals surface area contributed by atoms with Crippen molar-refractivity contribution in [2.45, 2.75) is 0 Å². The molecule has 0 spiro atoms. The van der Waals surface area contributed by atoms with Crippen LogP contribution in [-0.4, -0.2) is 19.8 Å². The van der Waals surface area contributed by atoms with Crippen LogP contribution < -0.4 is 4.74 Å². The Morgan fingerprint density at radius 2 is 2.12 bits per heavy atom. The van der Waals surface area contributed by atoms with Crippen LogP contribution in [0.4, 0.5) is 4.39 Å². The van der Waals surface area contributed by atoms with Crippen molar-refractivity contribution in [2.75, 3.05) is 0 Å². The van der Waals surface area contributed by atoms with E-state index >= 15 is 0 Å². The first-order valence-corrected chi connectivity index (χ1v) is 4.92. The zero-order valence-corrected chi connectivity index (χ0v) is 8.62. The maximum atomic E-state index is 12.9. The highest BCUT2D eigenvalue weighted by atomic mass is 19.1. The van der Waals surface area contributed by atoms with Gasteiger partial charge in [-0.3, -0.25) is 0 Å². The largest absolute Gasteiger partial charge is 0.437 e. The topological polar surface area (TPSA) is 52.3 Å². The lowest BCUT2D eigenvalue weighted by atomic mass is 10.3. The number of halogens is 1. The van der Waals surface area contributed by atoms with Gasteiger partial charge in [0.25, 0.3) is 0 Å². The summed E-state index contributed by atoms with van der Waals surface area (Å²) in [6.07, 6.45) is 1.47. The number of rotatable bonds is 2. The molecule has 0 bridgehead atoms. The third-order valence-corrected chi connectivity index (χ3v) is 2.16. The van der Waals surface area contributed by atoms with E-state index in [4.69, 9.17) is 4.74 Å². The van der Waals surface area contributed by atoms with Gasteiger partial charge < -0.3 is 4.74 Å². The van der Waals surface area contributed by atoms with Gasteiger partial charge in [0.2, 0.25) is 5.88 Å². The van der Waals surface area contributed by atoms with Gasteiger partial charge in [0, 0.05) is 12.1 Å². The summed E-state index contributed by atoms with van der Waals surface area (Å²) in [7, 11) is 0. The van der Waals surface area contributed by atoms with Gasteiger partial charge in [0.05, 0.1) is 0 Å². The van der Waals surface area contributed by atoms with Crippen LogP contribution >= 0.6 is 0 Å². The lowest BCUT2D eigenvalue weighted by Gasteiger charge is -2.04. The van der Waals surface area contributed by atoms with Crippen LogP contribution in [-0.2, 0) is 0 Å². The van der Waals surface area contributed by atoms with Crippen molar-refractivity contribution in [1.82, 2.24) is 19.8 Å². The van der Waals surface area contributed by atoms with E-state index in [2.05, 4.69) is 15.3 Å². The van der Waals surface area contributed by atoms with Gasteiger partial charge in [-0.25, -0.2) is 4.39 Å². The first-order chi connectivity index (χ1) is 8.31. The fourth-order valence-electron chi connectivity index (χ4n) is 1.42. The smallest absolute Gasteiger partial charge is 0.237 e. The standard InChI is InChI=1S/C11H7FN4O/c12-8-2-1-3-9(6-8)17-11-5-4-10-14-13-7-16(10)15-11/h1-7H. The number of nitrogens with zero attached hydrogens (tertiary/aromatic N) is 4. The molecule has 84 valence electrons. The quantitative estimate of drug-likeness (QED) is 0.676. The molecule has 0 saturated carbocycles. The van der Waals surface area contributed by atoms with Gasteiger partial charge in [-0.15, -0.1) is 15.3 Å². The molecule has 0 saturated heterocycles. The van der Waals surface area contributed by atoms with Crippen LogP contribution in [0.2, 0.25) is 0 Å². The van der Waals surface area contributed by atoms with Crippen molar-refractivity contribution < 1.29 is 9.13 Å². The maximum Gasteiger partial charge on any atom is 0.237 e. The Labute approximate surface area is 95.5 Å². The van der Waals surface area contributed by atoms with Gasteiger partial charge in [0.15, 0.2) is 5.65 Å². The van der Waals surface area contributed by atoms with E-state index in [1.165, 1.54) is 23.0 Å². The predicted octanol–water partition coefficient (Wildman–Crippen LogP) is 2.06. The minimum atomic E-state index is -0.354. The molecule has 0 N–H and O–H groups in total. The molecule has 0 aliphatic carbocycles. The molecule has 2 aromatic heterocycles. The van der Waals surface area contributed by atoms with Crippen molar-refractivity contribution in [1.29, 1.82) is 0 Å². The molecule has 0 aliphatic rings. The molecule has 3 aromatic rings. The molecular weight excluding hydrogens is 223 g/mol. The lowest BCUT2D eigenvalue weighted by molar-refractivity contribution is 0.448. The summed E-state index contributed by atoms with van der Waals surface area (Å²) in [6, 6.07) is 9.23. The molecule has 0 atom stereocenters. The number of hydrogen-bond donors (Lipinski definition) is 0. The Morgan fingerprint density at radius 3 is 3.00 bits per heavy atom. The summed E-state index contributed by atoms with van der Waals surface area (Å²) in [5.41, 5.74) is 0.622. The SMILES string of the molecule is Fc1cccc(Oc2ccc3nncn3n2)c1. The number of aromatic nitrogens is 4. The average molecular weight is 230 g/mol. The summed E-state index contributed by atoms with van der Waals surface area (Å²) in [6.45, 7) is 0. The minimum Gasteiger partial charge on any atom is -0.437 e. The van der Waals surface area contributed by atoms with Crippen LogP contribution in [0, 0.1) is 5.82 Å². The summed E-state index contributed by atoms with van der Waals surface area (Å²) >= 11 is 0. The molecule has 0 aliphatic heterocycles. The minimum absolute atomic E-state index is 0.350. The highest BCUT2D eigenvalue weighted by Gasteiger charge is 2.02. The first kappa shape index (κ1) is 9.71. The third kappa shape index (κ3) is 1.92. The highest BCUT2D eigenvalue weighted by molar-refractivity contribution is 5.37. The molecule has 1 aromatic carbocycles. The van der Waals surface area contributed by atoms with Crippen LogP contribution in [0.5, 0.6) is 11.6 Å². The summed E-state index contributed by atoms with van der Waals surface area (Å²) < 4.78 is 19.8. The summed E-state index contributed by atoms with van der Waals surface area (Å²) in [4.78, 5) is 0. The van der Waals surface area contributed by atoms with E-state index in [-0.39, 0.29) is 5.82 Å². The van der Waals surface area contributed by atoms with Gasteiger partial charge in [-0.2, -0.15) is 4.52 Å². The van der Waals surface area contributed by atoms with Crippen LogP contribution in [0.3, 0.4) is 0 Å². The summed E-state index contributed by atoms with van der Waals surface area (Å²) in [5, 5.41) is 11.6. The Hall–Kier alpha value is -2.50. The van der Waals surface area contributed by atoms with E-state index in [1.807, 2.05) is 0 Å². The van der Waals surface area contributed by atoms with Crippen molar-refractivity contribution in [3.05, 3.63) is 48.5 Å². The fourth-order valence-corrected chi connectivity index (χ4v) is 1.42. The maximum absolute atomic E-state index is 12.9. The molecule has 0 fully saturated rings. The fraction of sp³-hybridized carbons (Fsp3) is 0. The Kier molecular flexibility index (Phi) is 2.18. The predicted molar refractivity (Wildman–Crippen MR) is 57.3 cm³/mol. The van der Waals surface area contributed by atoms with Crippen molar-refractivity contribution in [3.8, 4) is 11.6 Å². The van der Waals surface area contributed by atoms with Crippen LogP contribution in [0.1, 0.15) is 0 Å². The van der Waals surface area contributed by atoms with Gasteiger partial charge >= 0.3 is 0 Å². The molecule has 5 nitrogen and oxygen atoms in total. The number of benzene rings is 1. The molecule has 2 heterocycles. The summed E-state index contributed by atoms with van der Waals surface area (Å²) in [5.74, 6) is 0.390. The average Bonchev–Trinajstić information content (AvgIpc) is 2.76. The second-order valence-corrected chi connectivity index (χ2v) is 3.36. The number of ether oxygens (including phenoxy) is 1. The van der Waals surface area contributed by atoms with E-state index in [9.17, 15) is 4.39 Å². The molecule has 17 heavy (non-hydrogen) atoms. The Morgan fingerprint density at radius 1 is 1.18 bits per heavy atom. The zero-order chi connectivity index (χ0) is 11.7. The second-order valence-electron chi connectivity index (χ2n) is 3.36. The number of hydrogen-bond acceptors (Lipinski definition) is 4. The molecule has 0 radical (unpaired) electrons. The normalized spacial score (nSPS) is 10.6. The zero-order valence-electron chi connectivity index (χ0n) is 8.62. The lowest BCUT2D eigenvalue weighted by Crippen LogP contribution is -1.94. The van der Waals surface area contributed by atoms with E-state index < -0.39 is 0 Å².